The number of nitrogens with zero attached hydrogens (tertiary/aromatic N) is 1. The smallest absolute Gasteiger partial charge is 0.191 e. The molecule has 1 aromatic heterocycles. The lowest BCUT2D eigenvalue weighted by Gasteiger charge is -2.15. The van der Waals surface area contributed by atoms with Crippen LogP contribution in [0.5, 0.6) is 0 Å². The first kappa shape index (κ1) is 20.6. The van der Waals surface area contributed by atoms with E-state index in [4.69, 9.17) is 9.47 Å². The molecule has 0 spiro atoms. The van der Waals surface area contributed by atoms with Crippen LogP contribution >= 0.6 is 35.3 Å². The summed E-state index contributed by atoms with van der Waals surface area (Å²) in [4.78, 5) is 4.19. The van der Waals surface area contributed by atoms with Crippen molar-refractivity contribution >= 4 is 41.3 Å². The van der Waals surface area contributed by atoms with E-state index in [0.717, 1.165) is 19.0 Å². The second-order valence-electron chi connectivity index (χ2n) is 4.44. The first-order valence-corrected chi connectivity index (χ1v) is 7.75. The van der Waals surface area contributed by atoms with Gasteiger partial charge in [-0.15, -0.1) is 24.0 Å². The van der Waals surface area contributed by atoms with Gasteiger partial charge in [0, 0.05) is 27.2 Å². The van der Waals surface area contributed by atoms with Crippen LogP contribution in [0.4, 0.5) is 0 Å². The molecular formula is C14H26IN3O2S. The molecule has 0 saturated carbocycles. The minimum atomic E-state index is 0. The number of halogens is 1. The minimum Gasteiger partial charge on any atom is -0.382 e. The molecule has 0 aromatic carbocycles. The predicted molar refractivity (Wildman–Crippen MR) is 100 cm³/mol. The van der Waals surface area contributed by atoms with Crippen molar-refractivity contribution in [1.29, 1.82) is 0 Å². The van der Waals surface area contributed by atoms with Gasteiger partial charge in [0.1, 0.15) is 0 Å². The molecule has 122 valence electrons. The Balaban J connectivity index is 0.00000400. The molecule has 7 heteroatoms. The van der Waals surface area contributed by atoms with E-state index in [2.05, 4.69) is 39.4 Å². The van der Waals surface area contributed by atoms with E-state index in [9.17, 15) is 0 Å². The summed E-state index contributed by atoms with van der Waals surface area (Å²) >= 11 is 1.73. The fraction of sp³-hybridized carbons (Fsp3) is 0.643. The van der Waals surface area contributed by atoms with Crippen molar-refractivity contribution in [3.05, 3.63) is 22.4 Å². The van der Waals surface area contributed by atoms with E-state index in [1.807, 2.05) is 0 Å². The van der Waals surface area contributed by atoms with Crippen molar-refractivity contribution < 1.29 is 9.47 Å². The van der Waals surface area contributed by atoms with Gasteiger partial charge in [0.05, 0.1) is 19.8 Å². The number of hydrogen-bond acceptors (Lipinski definition) is 4. The summed E-state index contributed by atoms with van der Waals surface area (Å²) in [7, 11) is 3.44. The molecule has 0 saturated heterocycles. The average Bonchev–Trinajstić information content (AvgIpc) is 2.99. The first-order chi connectivity index (χ1) is 9.77. The summed E-state index contributed by atoms with van der Waals surface area (Å²) in [6, 6.07) is 2.16. The molecule has 0 aliphatic carbocycles. The molecule has 0 amide bonds. The Labute approximate surface area is 148 Å². The Morgan fingerprint density at radius 1 is 1.33 bits per heavy atom. The van der Waals surface area contributed by atoms with Crippen LogP contribution in [0.15, 0.2) is 21.8 Å². The number of thiophene rings is 1. The Morgan fingerprint density at radius 2 is 2.14 bits per heavy atom. The summed E-state index contributed by atoms with van der Waals surface area (Å²) in [5.41, 5.74) is 1.36. The molecule has 1 atom stereocenters. The quantitative estimate of drug-likeness (QED) is 0.275. The molecule has 2 N–H and O–H groups in total. The number of ether oxygens (including phenoxy) is 2. The van der Waals surface area contributed by atoms with Crippen LogP contribution in [0, 0.1) is 0 Å². The van der Waals surface area contributed by atoms with E-state index in [1.54, 1.807) is 25.5 Å². The third-order valence-electron chi connectivity index (χ3n) is 2.88. The summed E-state index contributed by atoms with van der Waals surface area (Å²) in [5, 5.41) is 10.8. The third kappa shape index (κ3) is 9.28. The summed E-state index contributed by atoms with van der Waals surface area (Å²) in [6.07, 6.45) is 0. The lowest BCUT2D eigenvalue weighted by atomic mass is 10.1. The lowest BCUT2D eigenvalue weighted by Crippen LogP contribution is -2.40. The standard InChI is InChI=1S/C14H25N3O2S.HI/c1-12(13-4-9-20-11-13)10-17-14(15-2)16-5-6-19-8-7-18-3;/h4,9,11-12H,5-8,10H2,1-3H3,(H2,15,16,17);1H. The molecule has 0 fully saturated rings. The van der Waals surface area contributed by atoms with Crippen LogP contribution in [0.3, 0.4) is 0 Å². The SMILES string of the molecule is CN=C(NCCOCCOC)NCC(C)c1ccsc1.I. The largest absolute Gasteiger partial charge is 0.382 e. The van der Waals surface area contributed by atoms with E-state index >= 15 is 0 Å². The van der Waals surface area contributed by atoms with Gasteiger partial charge in [0.15, 0.2) is 5.96 Å². The molecular weight excluding hydrogens is 401 g/mol. The number of nitrogens with one attached hydrogen (secondary N) is 2. The maximum Gasteiger partial charge on any atom is 0.191 e. The fourth-order valence-corrected chi connectivity index (χ4v) is 2.41. The van der Waals surface area contributed by atoms with Gasteiger partial charge in [0.25, 0.3) is 0 Å². The number of rotatable bonds is 9. The highest BCUT2D eigenvalue weighted by atomic mass is 127. The van der Waals surface area contributed by atoms with Gasteiger partial charge in [-0.25, -0.2) is 0 Å². The van der Waals surface area contributed by atoms with E-state index < -0.39 is 0 Å². The second-order valence-corrected chi connectivity index (χ2v) is 5.22. The van der Waals surface area contributed by atoms with Crippen molar-refractivity contribution in [2.75, 3.05) is 47.1 Å². The summed E-state index contributed by atoms with van der Waals surface area (Å²) in [6.45, 7) is 5.70. The minimum absolute atomic E-state index is 0. The van der Waals surface area contributed by atoms with Gasteiger partial charge in [-0.1, -0.05) is 6.92 Å². The highest BCUT2D eigenvalue weighted by Crippen LogP contribution is 2.16. The number of guanidine groups is 1. The second kappa shape index (κ2) is 13.3. The number of aliphatic imine (C=N–C) groups is 1. The maximum absolute atomic E-state index is 5.38. The molecule has 1 aromatic rings. The van der Waals surface area contributed by atoms with Crippen LogP contribution in [-0.4, -0.2) is 53.0 Å². The van der Waals surface area contributed by atoms with Crippen LogP contribution in [0.2, 0.25) is 0 Å². The van der Waals surface area contributed by atoms with Gasteiger partial charge < -0.3 is 20.1 Å². The van der Waals surface area contributed by atoms with Crippen LogP contribution < -0.4 is 10.6 Å². The van der Waals surface area contributed by atoms with Crippen molar-refractivity contribution in [1.82, 2.24) is 10.6 Å². The molecule has 1 unspecified atom stereocenters. The third-order valence-corrected chi connectivity index (χ3v) is 3.58. The molecule has 5 nitrogen and oxygen atoms in total. The monoisotopic (exact) mass is 427 g/mol. The van der Waals surface area contributed by atoms with E-state index in [-0.39, 0.29) is 24.0 Å². The van der Waals surface area contributed by atoms with Gasteiger partial charge >= 0.3 is 0 Å². The molecule has 1 rings (SSSR count). The van der Waals surface area contributed by atoms with Gasteiger partial charge in [0.2, 0.25) is 0 Å². The topological polar surface area (TPSA) is 54.9 Å². The Morgan fingerprint density at radius 3 is 2.76 bits per heavy atom. The molecule has 0 aliphatic heterocycles. The van der Waals surface area contributed by atoms with E-state index in [0.29, 0.717) is 25.7 Å². The maximum atomic E-state index is 5.38. The van der Waals surface area contributed by atoms with Crippen LogP contribution in [0.25, 0.3) is 0 Å². The summed E-state index contributed by atoms with van der Waals surface area (Å²) in [5.74, 6) is 1.28. The van der Waals surface area contributed by atoms with Gasteiger partial charge in [-0.3, -0.25) is 4.99 Å². The van der Waals surface area contributed by atoms with Crippen LogP contribution in [-0.2, 0) is 9.47 Å². The molecule has 0 radical (unpaired) electrons. The predicted octanol–water partition coefficient (Wildman–Crippen LogP) is 2.30. The highest BCUT2D eigenvalue weighted by Gasteiger charge is 2.06. The van der Waals surface area contributed by atoms with Crippen molar-refractivity contribution in [2.24, 2.45) is 4.99 Å². The number of hydrogen-bond donors (Lipinski definition) is 2. The van der Waals surface area contributed by atoms with Gasteiger partial charge in [-0.2, -0.15) is 11.3 Å². The zero-order chi connectivity index (χ0) is 14.6. The normalized spacial score (nSPS) is 12.6. The van der Waals surface area contributed by atoms with Gasteiger partial charge in [-0.05, 0) is 28.3 Å². The highest BCUT2D eigenvalue weighted by molar-refractivity contribution is 14.0. The first-order valence-electron chi connectivity index (χ1n) is 6.81. The Bertz CT molecular complexity index is 374. The zero-order valence-electron chi connectivity index (χ0n) is 12.9. The molecule has 1 heterocycles. The van der Waals surface area contributed by atoms with Crippen LogP contribution in [0.1, 0.15) is 18.4 Å². The Kier molecular flexibility index (Phi) is 13.1. The lowest BCUT2D eigenvalue weighted by molar-refractivity contribution is 0.0733. The fourth-order valence-electron chi connectivity index (χ4n) is 1.63. The average molecular weight is 427 g/mol. The van der Waals surface area contributed by atoms with Crippen molar-refractivity contribution in [2.45, 2.75) is 12.8 Å². The Hall–Kier alpha value is -0.380. The molecule has 0 bridgehead atoms. The zero-order valence-corrected chi connectivity index (χ0v) is 16.1. The number of methoxy groups -OCH3 is 1. The molecule has 0 aliphatic rings. The summed E-state index contributed by atoms with van der Waals surface area (Å²) < 4.78 is 10.3. The molecule has 21 heavy (non-hydrogen) atoms. The van der Waals surface area contributed by atoms with E-state index in [1.165, 1.54) is 5.56 Å². The van der Waals surface area contributed by atoms with Crippen molar-refractivity contribution in [3.63, 3.8) is 0 Å². The van der Waals surface area contributed by atoms with Crippen molar-refractivity contribution in [3.8, 4) is 0 Å².